The number of aromatic nitrogens is 10. The quantitative estimate of drug-likeness (QED) is 0.112. The van der Waals surface area contributed by atoms with Gasteiger partial charge in [0, 0.05) is 174 Å². The molecule has 0 aromatic carbocycles. The second-order valence-electron chi connectivity index (χ2n) is 34.4. The number of piperidine rings is 8. The van der Waals surface area contributed by atoms with Gasteiger partial charge in [-0.1, -0.05) is 72.5 Å². The predicted octanol–water partition coefficient (Wildman–Crippen LogP) is 16.2. The molecule has 117 heavy (non-hydrogen) atoms. The van der Waals surface area contributed by atoms with Crippen LogP contribution in [0.5, 0.6) is 0 Å². The van der Waals surface area contributed by atoms with Crippen molar-refractivity contribution in [3.63, 3.8) is 0 Å². The van der Waals surface area contributed by atoms with Crippen molar-refractivity contribution in [3.05, 3.63) is 121 Å². The molecule has 0 saturated carbocycles. The Labute approximate surface area is 697 Å². The normalized spacial score (nSPS) is 20.6. The number of carbonyl (C=O) groups is 1. The molecule has 0 radical (unpaired) electrons. The maximum absolute atomic E-state index is 12.3. The standard InChI is InChI=1S/C26H37N5O2S.C23H25N5O.C21H25N5O.C21H29N5S/c1-26(2,3)33-25(32)31-13-7-19(8-14-31)20-17-22-23(27-18-20)28-24(34-22)30-15-9-21(10-16-30)29-11-5-4-6-12-29;1-2-17-12-18(15-24-14-17)19-13-21-22(25-16-19)26-23(29-21)28-10-6-20(7-11-28)27-8-4-3-5-9-27;1-2-9-25(10-3-1)18-6-11-26(12-7-18)21-24-20-19(27-21)13-17(15-23-20)16-5-4-8-22-14-16;1-2-10-25(11-3-1)18-6-12-26(13-7-18)21-24-20-19(27-21)14-17(15-23-20)16-4-8-22-9-5-16/h7,17-18,21H,4-6,8-16H2,1-3H3;1,12-16,20H,3-11H2;4-5,8,13-15,18H,1-3,6-7,9-12H2;4,14-15,18,22H,1-3,5-13H2. The highest BCUT2D eigenvalue weighted by Crippen LogP contribution is 2.38. The first kappa shape index (κ1) is 80.4. The smallest absolute Gasteiger partial charge is 0.410 e. The number of amides is 1. The lowest BCUT2D eigenvalue weighted by Gasteiger charge is -2.40. The molecular formula is C91H116N20O4S2. The molecule has 10 aromatic heterocycles. The molecule has 0 aliphatic carbocycles. The third-order valence-corrected chi connectivity index (χ3v) is 27.5. The number of thiazole rings is 2. The van der Waals surface area contributed by atoms with Gasteiger partial charge in [0.15, 0.2) is 32.7 Å². The number of pyridine rings is 6. The van der Waals surface area contributed by atoms with Gasteiger partial charge in [-0.2, -0.15) is 19.9 Å². The topological polar surface area (TPSA) is 223 Å². The van der Waals surface area contributed by atoms with Gasteiger partial charge in [-0.05, 0) is 254 Å². The van der Waals surface area contributed by atoms with E-state index in [1.165, 1.54) is 202 Å². The van der Waals surface area contributed by atoms with Crippen LogP contribution in [0.3, 0.4) is 0 Å². The molecule has 8 saturated heterocycles. The van der Waals surface area contributed by atoms with Gasteiger partial charge in [0.2, 0.25) is 11.3 Å². The maximum Gasteiger partial charge on any atom is 0.410 e. The van der Waals surface area contributed by atoms with Crippen LogP contribution in [-0.4, -0.2) is 241 Å². The fourth-order valence-electron chi connectivity index (χ4n) is 18.8. The van der Waals surface area contributed by atoms with Crippen LogP contribution in [0.1, 0.15) is 179 Å². The van der Waals surface area contributed by atoms with E-state index in [2.05, 4.69) is 115 Å². The predicted molar refractivity (Wildman–Crippen MR) is 471 cm³/mol. The number of nitrogens with one attached hydrogen (secondary N) is 1. The second-order valence-corrected chi connectivity index (χ2v) is 36.4. The van der Waals surface area contributed by atoms with E-state index in [1.54, 1.807) is 41.0 Å². The number of nitrogens with zero attached hydrogens (tertiary/aromatic N) is 19. The second kappa shape index (κ2) is 37.9. The minimum absolute atomic E-state index is 0.243. The lowest BCUT2D eigenvalue weighted by molar-refractivity contribution is 0.0270. The summed E-state index contributed by atoms with van der Waals surface area (Å²) in [5.41, 5.74) is 13.7. The molecule has 616 valence electrons. The first-order chi connectivity index (χ1) is 57.4. The third kappa shape index (κ3) is 20.1. The van der Waals surface area contributed by atoms with Crippen molar-refractivity contribution in [2.24, 2.45) is 0 Å². The number of terminal acetylenes is 1. The van der Waals surface area contributed by atoms with Crippen LogP contribution in [0.2, 0.25) is 0 Å². The van der Waals surface area contributed by atoms with Gasteiger partial charge in [-0.25, -0.2) is 24.7 Å². The average Bonchev–Trinajstić information content (AvgIpc) is 1.68. The summed E-state index contributed by atoms with van der Waals surface area (Å²) in [4.78, 5) is 80.1. The average molecular weight is 1620 g/mol. The highest BCUT2D eigenvalue weighted by Gasteiger charge is 2.34. The van der Waals surface area contributed by atoms with Crippen LogP contribution < -0.4 is 24.9 Å². The lowest BCUT2D eigenvalue weighted by Crippen LogP contribution is -2.46. The first-order valence-corrected chi connectivity index (χ1v) is 45.4. The Balaban J connectivity index is 0.000000112. The fraction of sp³-hybridized carbons (Fsp3) is 0.549. The molecule has 1 N–H and O–H groups in total. The maximum atomic E-state index is 12.3. The molecule has 1 amide bonds. The number of anilines is 4. The monoisotopic (exact) mass is 1620 g/mol. The fourth-order valence-corrected chi connectivity index (χ4v) is 20.8. The largest absolute Gasteiger partial charge is 0.444 e. The van der Waals surface area contributed by atoms with Crippen molar-refractivity contribution in [1.29, 1.82) is 0 Å². The zero-order valence-corrected chi connectivity index (χ0v) is 70.5. The first-order valence-electron chi connectivity index (χ1n) is 43.8. The van der Waals surface area contributed by atoms with Gasteiger partial charge in [-0.3, -0.25) is 9.97 Å². The van der Waals surface area contributed by atoms with Crippen LogP contribution in [0.25, 0.3) is 76.6 Å². The van der Waals surface area contributed by atoms with Crippen LogP contribution in [-0.2, 0) is 4.74 Å². The van der Waals surface area contributed by atoms with E-state index in [4.69, 9.17) is 30.0 Å². The lowest BCUT2D eigenvalue weighted by atomic mass is 10.0. The van der Waals surface area contributed by atoms with Crippen molar-refractivity contribution in [3.8, 4) is 34.6 Å². The zero-order valence-electron chi connectivity index (χ0n) is 68.8. The van der Waals surface area contributed by atoms with Gasteiger partial charge >= 0.3 is 6.09 Å². The molecule has 8 fully saturated rings. The molecule has 0 unspecified atom stereocenters. The molecule has 24 nitrogen and oxygen atoms in total. The minimum Gasteiger partial charge on any atom is -0.444 e. The number of fused-ring (bicyclic) bond motifs is 4. The van der Waals surface area contributed by atoms with Crippen molar-refractivity contribution in [2.75, 3.05) is 150 Å². The van der Waals surface area contributed by atoms with Crippen LogP contribution >= 0.6 is 22.7 Å². The van der Waals surface area contributed by atoms with Crippen LogP contribution in [0, 0.1) is 12.3 Å². The summed E-state index contributed by atoms with van der Waals surface area (Å²) < 4.78 is 20.0. The Hall–Kier alpha value is -9.07. The molecule has 20 rings (SSSR count). The third-order valence-electron chi connectivity index (χ3n) is 25.4. The molecule has 0 atom stereocenters. The van der Waals surface area contributed by atoms with Crippen LogP contribution in [0.4, 0.5) is 27.1 Å². The van der Waals surface area contributed by atoms with E-state index in [1.807, 2.05) is 87.2 Å². The molecule has 20 heterocycles. The van der Waals surface area contributed by atoms with E-state index in [9.17, 15) is 4.79 Å². The number of rotatable bonds is 12. The van der Waals surface area contributed by atoms with Crippen molar-refractivity contribution in [2.45, 2.75) is 192 Å². The van der Waals surface area contributed by atoms with Gasteiger partial charge in [0.25, 0.3) is 12.0 Å². The number of likely N-dealkylation sites (tertiary alicyclic amines) is 4. The Morgan fingerprint density at radius 1 is 0.462 bits per heavy atom. The summed E-state index contributed by atoms with van der Waals surface area (Å²) in [6.45, 7) is 27.6. The number of hydrogen-bond acceptors (Lipinski definition) is 25. The number of hydrogen-bond donors (Lipinski definition) is 1. The van der Waals surface area contributed by atoms with Crippen molar-refractivity contribution >= 4 is 105 Å². The number of carbonyl (C=O) groups excluding carboxylic acids is 1. The summed E-state index contributed by atoms with van der Waals surface area (Å²) in [5, 5.41) is 5.64. The van der Waals surface area contributed by atoms with Crippen molar-refractivity contribution in [1.82, 2.24) is 79.7 Å². The van der Waals surface area contributed by atoms with Gasteiger partial charge in [0.05, 0.1) is 9.40 Å². The zero-order chi connectivity index (χ0) is 79.4. The summed E-state index contributed by atoms with van der Waals surface area (Å²) >= 11 is 3.57. The molecular weight excluding hydrogens is 1500 g/mol. The van der Waals surface area contributed by atoms with E-state index in [0.717, 1.165) is 162 Å². The molecule has 10 aliphatic heterocycles. The number of ether oxygens (including phenoxy) is 1. The summed E-state index contributed by atoms with van der Waals surface area (Å²) in [6, 6.07) is 18.7. The Bertz CT molecular complexity index is 5050. The van der Waals surface area contributed by atoms with E-state index in [-0.39, 0.29) is 6.09 Å². The highest BCUT2D eigenvalue weighted by atomic mass is 32.1. The Morgan fingerprint density at radius 3 is 1.31 bits per heavy atom. The van der Waals surface area contributed by atoms with Gasteiger partial charge in [0.1, 0.15) is 5.60 Å². The Kier molecular flexibility index (Phi) is 26.0. The molecule has 0 spiro atoms. The van der Waals surface area contributed by atoms with Crippen LogP contribution in [0.15, 0.2) is 113 Å². The molecule has 0 bridgehead atoms. The number of oxazole rings is 2. The van der Waals surface area contributed by atoms with E-state index < -0.39 is 5.60 Å². The molecule has 26 heteroatoms. The minimum atomic E-state index is -0.470. The van der Waals surface area contributed by atoms with E-state index in [0.29, 0.717) is 48.0 Å². The van der Waals surface area contributed by atoms with Gasteiger partial charge < -0.3 is 63.0 Å². The Morgan fingerprint density at radius 2 is 0.889 bits per heavy atom. The summed E-state index contributed by atoms with van der Waals surface area (Å²) in [7, 11) is 0. The SMILES string of the molecule is C#Cc1cncc(-c2cnc3nc(N4CCC(N5CCCCC5)CC4)oc3c2)c1.C1=C(c2cnc3nc(N4CCC(N5CCCCC5)CC4)sc3c2)CCNC1.CC(C)(C)OC(=O)N1CC=C(c2cnc3nc(N4CCC(N5CCCCC5)CC4)sc3c2)CC1.c1cncc(-c2cnc3nc(N4CCC(N5CCCCC5)CC4)oc3c2)c1. The van der Waals surface area contributed by atoms with E-state index >= 15 is 0 Å². The molecule has 10 aliphatic rings. The molecule has 10 aromatic rings. The van der Waals surface area contributed by atoms with Crippen molar-refractivity contribution < 1.29 is 18.4 Å². The summed E-state index contributed by atoms with van der Waals surface area (Å²) in [5.74, 6) is 2.62. The highest BCUT2D eigenvalue weighted by molar-refractivity contribution is 7.22. The van der Waals surface area contributed by atoms with Gasteiger partial charge in [-0.15, -0.1) is 6.42 Å². The summed E-state index contributed by atoms with van der Waals surface area (Å²) in [6.07, 6.45) is 52.4.